The van der Waals surface area contributed by atoms with Crippen LogP contribution in [-0.4, -0.2) is 99.6 Å². The number of aliphatic hydroxyl groups is 5. The lowest BCUT2D eigenvalue weighted by Gasteiger charge is -2.41. The summed E-state index contributed by atoms with van der Waals surface area (Å²) in [5, 5.41) is 57.5. The Hall–Kier alpha value is -2.38. The van der Waals surface area contributed by atoms with Crippen LogP contribution in [0.1, 0.15) is 400 Å². The summed E-state index contributed by atoms with van der Waals surface area (Å²) in [4.78, 5) is 26.8. The van der Waals surface area contributed by atoms with Crippen LogP contribution in [0, 0.1) is 0 Å². The highest BCUT2D eigenvalue weighted by Gasteiger charge is 2.47. The topological polar surface area (TPSA) is 175 Å². The number of ether oxygens (including phenoxy) is 3. The number of carbonyl (C=O) groups excluding carboxylic acids is 2. The quantitative estimate of drug-likeness (QED) is 0.0195. The van der Waals surface area contributed by atoms with Gasteiger partial charge in [-0.2, -0.15) is 0 Å². The van der Waals surface area contributed by atoms with Gasteiger partial charge in [-0.05, 0) is 64.2 Å². The third-order valence-corrected chi connectivity index (χ3v) is 19.2. The predicted molar refractivity (Wildman–Crippen MR) is 394 cm³/mol. The van der Waals surface area contributed by atoms with E-state index in [1.807, 2.05) is 6.08 Å². The van der Waals surface area contributed by atoms with Gasteiger partial charge in [0.2, 0.25) is 5.91 Å². The van der Waals surface area contributed by atoms with Crippen molar-refractivity contribution >= 4 is 11.9 Å². The maximum absolute atomic E-state index is 13.5. The molecule has 0 radical (unpaired) electrons. The monoisotopic (exact) mass is 1310 g/mol. The van der Waals surface area contributed by atoms with E-state index < -0.39 is 67.4 Å². The van der Waals surface area contributed by atoms with Crippen molar-refractivity contribution in [2.45, 2.75) is 449 Å². The maximum Gasteiger partial charge on any atom is 0.306 e. The number of allylic oxidation sites excluding steroid dienone is 7. The number of amides is 1. The summed E-state index contributed by atoms with van der Waals surface area (Å²) < 4.78 is 17.8. The van der Waals surface area contributed by atoms with Crippen molar-refractivity contribution < 1.29 is 49.3 Å². The summed E-state index contributed by atoms with van der Waals surface area (Å²) in [6, 6.07) is -1.02. The minimum atomic E-state index is -1.61. The third-order valence-electron chi connectivity index (χ3n) is 19.2. The smallest absolute Gasteiger partial charge is 0.306 e. The normalized spacial score (nSPS) is 18.0. The Morgan fingerprint density at radius 2 is 0.742 bits per heavy atom. The molecule has 0 aromatic rings. The van der Waals surface area contributed by atoms with Gasteiger partial charge in [0.25, 0.3) is 0 Å². The van der Waals surface area contributed by atoms with Crippen LogP contribution in [0.15, 0.2) is 48.6 Å². The summed E-state index contributed by atoms with van der Waals surface area (Å²) in [7, 11) is 0. The van der Waals surface area contributed by atoms with Crippen molar-refractivity contribution in [3.05, 3.63) is 48.6 Å². The number of nitrogens with one attached hydrogen (secondary N) is 1. The molecular weight excluding hydrogens is 1160 g/mol. The molecule has 8 unspecified atom stereocenters. The first kappa shape index (κ1) is 88.6. The maximum atomic E-state index is 13.5. The molecule has 93 heavy (non-hydrogen) atoms. The van der Waals surface area contributed by atoms with E-state index in [-0.39, 0.29) is 13.0 Å². The number of hydrogen-bond acceptors (Lipinski definition) is 10. The van der Waals surface area contributed by atoms with Crippen LogP contribution < -0.4 is 5.32 Å². The molecule has 0 bridgehead atoms. The van der Waals surface area contributed by atoms with Gasteiger partial charge in [-0.15, -0.1) is 0 Å². The Bertz CT molecular complexity index is 1700. The lowest BCUT2D eigenvalue weighted by Crippen LogP contribution is -2.61. The molecule has 0 spiro atoms. The number of carbonyl (C=O) groups is 2. The number of aliphatic hydroxyl groups excluding tert-OH is 5. The zero-order valence-corrected chi connectivity index (χ0v) is 61.1. The lowest BCUT2D eigenvalue weighted by molar-refractivity contribution is -0.305. The van der Waals surface area contributed by atoms with Gasteiger partial charge in [0, 0.05) is 6.42 Å². The van der Waals surface area contributed by atoms with E-state index in [0.29, 0.717) is 19.3 Å². The summed E-state index contributed by atoms with van der Waals surface area (Å²) in [5.74, 6) is -1.18. The number of esters is 1. The first-order chi connectivity index (χ1) is 45.7. The van der Waals surface area contributed by atoms with E-state index in [2.05, 4.69) is 62.5 Å². The highest BCUT2D eigenvalue weighted by molar-refractivity contribution is 5.80. The van der Waals surface area contributed by atoms with Crippen LogP contribution in [0.25, 0.3) is 0 Å². The summed E-state index contributed by atoms with van der Waals surface area (Å²) in [5.41, 5.74) is 0. The highest BCUT2D eigenvalue weighted by Crippen LogP contribution is 2.27. The second-order valence-electron chi connectivity index (χ2n) is 28.2. The van der Waals surface area contributed by atoms with Crippen LogP contribution in [0.4, 0.5) is 0 Å². The van der Waals surface area contributed by atoms with Crippen molar-refractivity contribution in [1.82, 2.24) is 5.32 Å². The molecule has 546 valence electrons. The van der Waals surface area contributed by atoms with E-state index in [9.17, 15) is 35.1 Å². The molecule has 11 heteroatoms. The number of unbranched alkanes of at least 4 members (excludes halogenated alkanes) is 51. The van der Waals surface area contributed by atoms with Crippen molar-refractivity contribution in [2.75, 3.05) is 13.2 Å². The van der Waals surface area contributed by atoms with E-state index in [0.717, 1.165) is 70.6 Å². The predicted octanol–water partition coefficient (Wildman–Crippen LogP) is 21.9. The van der Waals surface area contributed by atoms with Gasteiger partial charge in [-0.25, -0.2) is 0 Å². The van der Waals surface area contributed by atoms with Crippen LogP contribution in [0.2, 0.25) is 0 Å². The minimum absolute atomic E-state index is 0.123. The lowest BCUT2D eigenvalue weighted by atomic mass is 9.99. The number of rotatable bonds is 71. The molecule has 1 rings (SSSR count). The second-order valence-corrected chi connectivity index (χ2v) is 28.2. The molecule has 0 saturated carbocycles. The van der Waals surface area contributed by atoms with Crippen molar-refractivity contribution in [3.8, 4) is 0 Å². The van der Waals surface area contributed by atoms with E-state index >= 15 is 0 Å². The fourth-order valence-electron chi connectivity index (χ4n) is 12.9. The first-order valence-electron chi connectivity index (χ1n) is 40.4. The zero-order valence-electron chi connectivity index (χ0n) is 61.1. The van der Waals surface area contributed by atoms with Crippen molar-refractivity contribution in [3.63, 3.8) is 0 Å². The Labute approximate surface area is 574 Å². The highest BCUT2D eigenvalue weighted by atomic mass is 16.7. The van der Waals surface area contributed by atoms with Crippen LogP contribution >= 0.6 is 0 Å². The van der Waals surface area contributed by atoms with Gasteiger partial charge in [0.1, 0.15) is 24.4 Å². The molecular formula is C82H153NO10. The SMILES string of the molecule is CCCCC/C=C\C/C=C\C/C=C\CCCCCCCCCCCCCCC(=O)OC1C(OCC(NC(=O)C(O)CCCCCCCCCCCCCCCCCCCCCCCCCCCC)C(O)/C=C/CCCCCCCCCCCCC)OC(CO)C(O)C1O. The third kappa shape index (κ3) is 56.2. The summed E-state index contributed by atoms with van der Waals surface area (Å²) in [6.45, 7) is 5.84. The molecule has 0 aliphatic carbocycles. The molecule has 1 aliphatic rings. The molecule has 0 aromatic carbocycles. The van der Waals surface area contributed by atoms with Crippen molar-refractivity contribution in [1.29, 1.82) is 0 Å². The molecule has 8 atom stereocenters. The molecule has 1 aliphatic heterocycles. The standard InChI is InChI=1S/C82H153NO10/c1-4-7-10-13-16-19-22-25-27-29-31-33-35-37-39-40-42-44-46-48-51-54-57-60-63-66-69-75(86)81(90)83-73(74(85)68-65-62-59-56-53-50-24-21-18-15-12-9-6-3)72-91-82-80(79(89)78(88)76(71-84)92-82)93-77(87)70-67-64-61-58-55-52-49-47-45-43-41-38-36-34-32-30-28-26-23-20-17-14-11-8-5-2/h17,20,26,28,32,34,65,68,73-76,78-80,82,84-86,88-89H,4-16,18-19,21-25,27,29-31,33,35-64,66-67,69-72H2,1-3H3,(H,83,90)/b20-17-,28-26-,34-32-,68-65+. The van der Waals surface area contributed by atoms with Gasteiger partial charge >= 0.3 is 5.97 Å². The van der Waals surface area contributed by atoms with Crippen LogP contribution in [0.5, 0.6) is 0 Å². The van der Waals surface area contributed by atoms with E-state index in [4.69, 9.17) is 14.2 Å². The fourth-order valence-corrected chi connectivity index (χ4v) is 12.9. The average Bonchev–Trinajstić information content (AvgIpc) is 0.843. The summed E-state index contributed by atoms with van der Waals surface area (Å²) >= 11 is 0. The molecule has 6 N–H and O–H groups in total. The van der Waals surface area contributed by atoms with E-state index in [1.54, 1.807) is 6.08 Å². The Kier molecular flexibility index (Phi) is 66.3. The van der Waals surface area contributed by atoms with Crippen molar-refractivity contribution in [2.24, 2.45) is 0 Å². The van der Waals surface area contributed by atoms with Crippen LogP contribution in [-0.2, 0) is 23.8 Å². The van der Waals surface area contributed by atoms with Gasteiger partial charge in [-0.3, -0.25) is 9.59 Å². The Balaban J connectivity index is 2.50. The van der Waals surface area contributed by atoms with Gasteiger partial charge in [-0.1, -0.05) is 378 Å². The Morgan fingerprint density at radius 1 is 0.419 bits per heavy atom. The van der Waals surface area contributed by atoms with Gasteiger partial charge in [0.05, 0.1) is 25.4 Å². The second kappa shape index (κ2) is 69.5. The average molecular weight is 1310 g/mol. The largest absolute Gasteiger partial charge is 0.454 e. The van der Waals surface area contributed by atoms with Gasteiger partial charge in [0.15, 0.2) is 12.4 Å². The molecule has 1 heterocycles. The number of hydrogen-bond donors (Lipinski definition) is 6. The van der Waals surface area contributed by atoms with Gasteiger partial charge < -0.3 is 45.1 Å². The zero-order chi connectivity index (χ0) is 67.4. The molecule has 0 aromatic heterocycles. The molecule has 1 saturated heterocycles. The first-order valence-corrected chi connectivity index (χ1v) is 40.4. The molecule has 1 amide bonds. The van der Waals surface area contributed by atoms with Crippen LogP contribution in [0.3, 0.4) is 0 Å². The summed E-state index contributed by atoms with van der Waals surface area (Å²) in [6.07, 6.45) is 78.8. The fraction of sp³-hybridized carbons (Fsp3) is 0.878. The van der Waals surface area contributed by atoms with E-state index in [1.165, 1.54) is 283 Å². The molecule has 1 fully saturated rings. The molecule has 11 nitrogen and oxygen atoms in total. The Morgan fingerprint density at radius 3 is 1.13 bits per heavy atom. The minimum Gasteiger partial charge on any atom is -0.454 e.